The van der Waals surface area contributed by atoms with Crippen molar-refractivity contribution in [3.05, 3.63) is 30.2 Å². The maximum absolute atomic E-state index is 12.6. The van der Waals surface area contributed by atoms with Gasteiger partial charge in [-0.25, -0.2) is 8.42 Å². The molecule has 11 heteroatoms. The minimum absolute atomic E-state index is 0.127. The number of carbonyl (C=O) groups excluding carboxylic acids is 1. The zero-order valence-electron chi connectivity index (χ0n) is 14.8. The monoisotopic (exact) mass is 396 g/mol. The Labute approximate surface area is 156 Å². The Hall–Kier alpha value is -2.34. The number of ether oxygens (including phenoxy) is 2. The molecule has 1 saturated heterocycles. The third kappa shape index (κ3) is 4.50. The van der Waals surface area contributed by atoms with Crippen molar-refractivity contribution in [1.82, 2.24) is 19.8 Å². The number of methoxy groups -OCH3 is 1. The second-order valence-corrected chi connectivity index (χ2v) is 7.64. The normalized spacial score (nSPS) is 15.6. The number of sulfonamides is 1. The SMILES string of the molecule is COCCNC(=O)c1nnc(-c2ccc(S(=O)(=O)N3CCOCC3)cc2)o1. The second-order valence-electron chi connectivity index (χ2n) is 5.70. The molecule has 0 unspecified atom stereocenters. The van der Waals surface area contributed by atoms with Gasteiger partial charge < -0.3 is 19.2 Å². The number of benzene rings is 1. The third-order valence-electron chi connectivity index (χ3n) is 3.92. The highest BCUT2D eigenvalue weighted by molar-refractivity contribution is 7.89. The average Bonchev–Trinajstić information content (AvgIpc) is 3.19. The van der Waals surface area contributed by atoms with E-state index < -0.39 is 15.9 Å². The van der Waals surface area contributed by atoms with Gasteiger partial charge in [0.15, 0.2) is 0 Å². The van der Waals surface area contributed by atoms with Crippen LogP contribution in [0.15, 0.2) is 33.6 Å². The average molecular weight is 396 g/mol. The van der Waals surface area contributed by atoms with Gasteiger partial charge in [0.1, 0.15) is 0 Å². The van der Waals surface area contributed by atoms with E-state index in [0.29, 0.717) is 45.0 Å². The molecule has 0 aliphatic carbocycles. The molecule has 1 amide bonds. The Kier molecular flexibility index (Phi) is 6.16. The van der Waals surface area contributed by atoms with E-state index in [1.807, 2.05) is 0 Å². The smallest absolute Gasteiger partial charge is 0.308 e. The topological polar surface area (TPSA) is 124 Å². The van der Waals surface area contributed by atoms with Crippen LogP contribution in [0.4, 0.5) is 0 Å². The maximum Gasteiger partial charge on any atom is 0.308 e. The van der Waals surface area contributed by atoms with Crippen LogP contribution in [0.5, 0.6) is 0 Å². The highest BCUT2D eigenvalue weighted by Gasteiger charge is 2.26. The van der Waals surface area contributed by atoms with Crippen molar-refractivity contribution in [2.24, 2.45) is 0 Å². The summed E-state index contributed by atoms with van der Waals surface area (Å²) in [6, 6.07) is 6.08. The van der Waals surface area contributed by atoms with E-state index in [1.165, 1.54) is 23.5 Å². The fourth-order valence-corrected chi connectivity index (χ4v) is 3.89. The summed E-state index contributed by atoms with van der Waals surface area (Å²) in [4.78, 5) is 12.0. The molecule has 146 valence electrons. The van der Waals surface area contributed by atoms with Crippen LogP contribution in [0.25, 0.3) is 11.5 Å². The van der Waals surface area contributed by atoms with Gasteiger partial charge in [0.25, 0.3) is 0 Å². The minimum Gasteiger partial charge on any atom is -0.412 e. The fourth-order valence-electron chi connectivity index (χ4n) is 2.48. The quantitative estimate of drug-likeness (QED) is 0.655. The predicted octanol–water partition coefficient (Wildman–Crippen LogP) is 0.134. The number of hydrogen-bond acceptors (Lipinski definition) is 8. The number of aromatic nitrogens is 2. The number of nitrogens with one attached hydrogen (secondary N) is 1. The summed E-state index contributed by atoms with van der Waals surface area (Å²) < 4.78 is 42.0. The van der Waals surface area contributed by atoms with E-state index in [0.717, 1.165) is 0 Å². The first-order chi connectivity index (χ1) is 13.0. The molecule has 1 N–H and O–H groups in total. The van der Waals surface area contributed by atoms with Gasteiger partial charge in [-0.3, -0.25) is 4.79 Å². The summed E-state index contributed by atoms with van der Waals surface area (Å²) in [6.07, 6.45) is 0. The Balaban J connectivity index is 1.71. The molecule has 0 spiro atoms. The van der Waals surface area contributed by atoms with Crippen molar-refractivity contribution < 1.29 is 27.1 Å². The Morgan fingerprint density at radius 2 is 1.93 bits per heavy atom. The number of nitrogens with zero attached hydrogens (tertiary/aromatic N) is 3. The fraction of sp³-hybridized carbons (Fsp3) is 0.438. The van der Waals surface area contributed by atoms with Gasteiger partial charge in [-0.2, -0.15) is 4.31 Å². The lowest BCUT2D eigenvalue weighted by molar-refractivity contribution is 0.0730. The first kappa shape index (κ1) is 19.4. The Bertz CT molecular complexity index is 875. The number of hydrogen-bond donors (Lipinski definition) is 1. The van der Waals surface area contributed by atoms with Crippen LogP contribution < -0.4 is 5.32 Å². The molecule has 2 heterocycles. The lowest BCUT2D eigenvalue weighted by atomic mass is 10.2. The number of carbonyl (C=O) groups is 1. The summed E-state index contributed by atoms with van der Waals surface area (Å²) in [5.41, 5.74) is 0.513. The van der Waals surface area contributed by atoms with Gasteiger partial charge in [0.2, 0.25) is 15.9 Å². The molecule has 27 heavy (non-hydrogen) atoms. The van der Waals surface area contributed by atoms with Gasteiger partial charge >= 0.3 is 11.8 Å². The zero-order chi connectivity index (χ0) is 19.3. The lowest BCUT2D eigenvalue weighted by Crippen LogP contribution is -2.40. The van der Waals surface area contributed by atoms with E-state index in [-0.39, 0.29) is 16.7 Å². The standard InChI is InChI=1S/C16H20N4O6S/c1-24-9-6-17-14(21)16-19-18-15(26-16)12-2-4-13(5-3-12)27(22,23)20-7-10-25-11-8-20/h2-5H,6-11H2,1H3,(H,17,21). The maximum atomic E-state index is 12.6. The first-order valence-electron chi connectivity index (χ1n) is 8.31. The van der Waals surface area contributed by atoms with Crippen LogP contribution in [-0.2, 0) is 19.5 Å². The Morgan fingerprint density at radius 1 is 1.22 bits per heavy atom. The minimum atomic E-state index is -3.57. The van der Waals surface area contributed by atoms with Crippen molar-refractivity contribution in [1.29, 1.82) is 0 Å². The van der Waals surface area contributed by atoms with E-state index in [1.54, 1.807) is 12.1 Å². The van der Waals surface area contributed by atoms with Crippen LogP contribution in [0.2, 0.25) is 0 Å². The second kappa shape index (κ2) is 8.57. The van der Waals surface area contributed by atoms with Gasteiger partial charge in [-0.1, -0.05) is 0 Å². The molecular weight excluding hydrogens is 376 g/mol. The van der Waals surface area contributed by atoms with Crippen molar-refractivity contribution in [2.45, 2.75) is 4.90 Å². The van der Waals surface area contributed by atoms with Crippen LogP contribution >= 0.6 is 0 Å². The molecule has 3 rings (SSSR count). The molecule has 2 aromatic rings. The van der Waals surface area contributed by atoms with Gasteiger partial charge in [0, 0.05) is 32.3 Å². The highest BCUT2D eigenvalue weighted by Crippen LogP contribution is 2.22. The molecule has 0 saturated carbocycles. The molecular formula is C16H20N4O6S. The molecule has 0 radical (unpaired) electrons. The van der Waals surface area contributed by atoms with Crippen LogP contribution in [-0.4, -0.2) is 75.4 Å². The third-order valence-corrected chi connectivity index (χ3v) is 5.83. The summed E-state index contributed by atoms with van der Waals surface area (Å²) in [6.45, 7) is 2.11. The lowest BCUT2D eigenvalue weighted by Gasteiger charge is -2.26. The first-order valence-corrected chi connectivity index (χ1v) is 9.75. The molecule has 1 aliphatic rings. The predicted molar refractivity (Wildman–Crippen MR) is 93.5 cm³/mol. The van der Waals surface area contributed by atoms with Crippen molar-refractivity contribution in [3.8, 4) is 11.5 Å². The number of rotatable bonds is 7. The highest BCUT2D eigenvalue weighted by atomic mass is 32.2. The molecule has 1 aliphatic heterocycles. The van der Waals surface area contributed by atoms with Crippen LogP contribution in [0.3, 0.4) is 0 Å². The molecule has 0 bridgehead atoms. The molecule has 10 nitrogen and oxygen atoms in total. The van der Waals surface area contributed by atoms with E-state index in [9.17, 15) is 13.2 Å². The van der Waals surface area contributed by atoms with Crippen molar-refractivity contribution in [3.63, 3.8) is 0 Å². The van der Waals surface area contributed by atoms with Crippen molar-refractivity contribution in [2.75, 3.05) is 46.6 Å². The van der Waals surface area contributed by atoms with Crippen molar-refractivity contribution >= 4 is 15.9 Å². The van der Waals surface area contributed by atoms with Gasteiger partial charge in [0.05, 0.1) is 24.7 Å². The van der Waals surface area contributed by atoms with Gasteiger partial charge in [-0.15, -0.1) is 10.2 Å². The van der Waals surface area contributed by atoms with E-state index in [4.69, 9.17) is 13.9 Å². The van der Waals surface area contributed by atoms with E-state index >= 15 is 0 Å². The van der Waals surface area contributed by atoms with E-state index in [2.05, 4.69) is 15.5 Å². The number of morpholine rings is 1. The molecule has 1 aromatic carbocycles. The van der Waals surface area contributed by atoms with Crippen LogP contribution in [0, 0.1) is 0 Å². The Morgan fingerprint density at radius 3 is 2.59 bits per heavy atom. The van der Waals surface area contributed by atoms with Gasteiger partial charge in [-0.05, 0) is 24.3 Å². The zero-order valence-corrected chi connectivity index (χ0v) is 15.6. The molecule has 0 atom stereocenters. The molecule has 1 fully saturated rings. The number of amides is 1. The summed E-state index contributed by atoms with van der Waals surface area (Å²) in [5.74, 6) is -0.550. The summed E-state index contributed by atoms with van der Waals surface area (Å²) >= 11 is 0. The summed E-state index contributed by atoms with van der Waals surface area (Å²) in [7, 11) is -2.04. The van der Waals surface area contributed by atoms with Crippen LogP contribution in [0.1, 0.15) is 10.7 Å². The largest absolute Gasteiger partial charge is 0.412 e. The summed E-state index contributed by atoms with van der Waals surface area (Å²) in [5, 5.41) is 10.1. The molecule has 1 aromatic heterocycles.